The maximum Gasteiger partial charge on any atom is 0.329 e. The molecule has 0 aromatic heterocycles. The lowest BCUT2D eigenvalue weighted by atomic mass is 10.1. The molecule has 3 aromatic rings. The number of carbonyl (C=O) groups excluding carboxylic acids is 2. The van der Waals surface area contributed by atoms with Crippen molar-refractivity contribution in [2.45, 2.75) is 13.2 Å². The molecule has 7 heteroatoms. The van der Waals surface area contributed by atoms with Crippen LogP contribution in [0.1, 0.15) is 16.7 Å². The molecule has 0 radical (unpaired) electrons. The predicted octanol–water partition coefficient (Wildman–Crippen LogP) is 5.15. The second-order valence-corrected chi connectivity index (χ2v) is 7.43. The summed E-state index contributed by atoms with van der Waals surface area (Å²) in [6, 6.07) is 19.7. The number of urea groups is 1. The first-order valence-corrected chi connectivity index (χ1v) is 9.92. The number of hydrogen-bond donors (Lipinski definition) is 1. The summed E-state index contributed by atoms with van der Waals surface area (Å²) < 4.78 is 18.8. The van der Waals surface area contributed by atoms with Gasteiger partial charge >= 0.3 is 6.03 Å². The summed E-state index contributed by atoms with van der Waals surface area (Å²) in [5, 5.41) is 3.20. The summed E-state index contributed by atoms with van der Waals surface area (Å²) in [5.74, 6) is -0.114. The first-order chi connectivity index (χ1) is 15.0. The third-order valence-electron chi connectivity index (χ3n) is 4.70. The number of nitrogens with one attached hydrogen (secondary N) is 1. The van der Waals surface area contributed by atoms with Gasteiger partial charge in [0.05, 0.1) is 6.54 Å². The molecule has 31 heavy (non-hydrogen) atoms. The predicted molar refractivity (Wildman–Crippen MR) is 116 cm³/mol. The zero-order valence-electron chi connectivity index (χ0n) is 16.3. The molecular weight excluding hydrogens is 419 g/mol. The van der Waals surface area contributed by atoms with Crippen LogP contribution in [0.2, 0.25) is 5.02 Å². The van der Waals surface area contributed by atoms with Crippen LogP contribution in [0.5, 0.6) is 5.75 Å². The fourth-order valence-corrected chi connectivity index (χ4v) is 3.22. The summed E-state index contributed by atoms with van der Waals surface area (Å²) in [5.41, 5.74) is 2.52. The highest BCUT2D eigenvalue weighted by Gasteiger charge is 2.33. The van der Waals surface area contributed by atoms with Gasteiger partial charge in [-0.15, -0.1) is 0 Å². The number of benzene rings is 3. The normalized spacial score (nSPS) is 14.8. The Balaban J connectivity index is 1.44. The number of ether oxygens (including phenoxy) is 1. The minimum Gasteiger partial charge on any atom is -0.489 e. The molecule has 156 valence electrons. The first-order valence-electron chi connectivity index (χ1n) is 9.54. The van der Waals surface area contributed by atoms with Gasteiger partial charge in [0.25, 0.3) is 5.91 Å². The van der Waals surface area contributed by atoms with E-state index >= 15 is 0 Å². The third kappa shape index (κ3) is 5.10. The van der Waals surface area contributed by atoms with Crippen LogP contribution >= 0.6 is 11.6 Å². The molecule has 3 aromatic carbocycles. The average molecular weight is 437 g/mol. The van der Waals surface area contributed by atoms with Crippen LogP contribution in [-0.2, 0) is 17.9 Å². The number of carbonyl (C=O) groups is 2. The average Bonchev–Trinajstić information content (AvgIpc) is 3.02. The van der Waals surface area contributed by atoms with Crippen molar-refractivity contribution >= 4 is 29.6 Å². The van der Waals surface area contributed by atoms with Crippen LogP contribution in [0, 0.1) is 5.82 Å². The minimum atomic E-state index is -0.477. The van der Waals surface area contributed by atoms with Gasteiger partial charge in [-0.2, -0.15) is 0 Å². The Hall–Kier alpha value is -3.64. The molecule has 4 rings (SSSR count). The maximum absolute atomic E-state index is 13.0. The highest BCUT2D eigenvalue weighted by Crippen LogP contribution is 2.21. The van der Waals surface area contributed by atoms with Gasteiger partial charge in [0.1, 0.15) is 23.9 Å². The van der Waals surface area contributed by atoms with Gasteiger partial charge in [0.15, 0.2) is 0 Å². The van der Waals surface area contributed by atoms with Crippen molar-refractivity contribution in [2.24, 2.45) is 0 Å². The zero-order chi connectivity index (χ0) is 21.8. The number of rotatable bonds is 6. The number of halogens is 2. The highest BCUT2D eigenvalue weighted by molar-refractivity contribution is 6.30. The maximum atomic E-state index is 13.0. The molecule has 1 fully saturated rings. The molecule has 0 atom stereocenters. The summed E-state index contributed by atoms with van der Waals surface area (Å²) in [7, 11) is 0. The summed E-state index contributed by atoms with van der Waals surface area (Å²) in [6.07, 6.45) is 1.60. The summed E-state index contributed by atoms with van der Waals surface area (Å²) in [4.78, 5) is 26.1. The second-order valence-electron chi connectivity index (χ2n) is 6.99. The van der Waals surface area contributed by atoms with E-state index in [1.807, 2.05) is 0 Å². The molecule has 0 aliphatic carbocycles. The molecule has 1 aliphatic rings. The number of nitrogens with zero attached hydrogens (tertiary/aromatic N) is 1. The van der Waals surface area contributed by atoms with Gasteiger partial charge < -0.3 is 10.1 Å². The largest absolute Gasteiger partial charge is 0.489 e. The molecule has 5 nitrogen and oxygen atoms in total. The van der Waals surface area contributed by atoms with E-state index in [0.29, 0.717) is 16.3 Å². The Kier molecular flexibility index (Phi) is 6.00. The van der Waals surface area contributed by atoms with Crippen LogP contribution < -0.4 is 10.1 Å². The van der Waals surface area contributed by atoms with Gasteiger partial charge in [0, 0.05) is 5.02 Å². The van der Waals surface area contributed by atoms with Crippen molar-refractivity contribution in [3.63, 3.8) is 0 Å². The fourth-order valence-electron chi connectivity index (χ4n) is 3.10. The fraction of sp³-hybridized carbons (Fsp3) is 0.0833. The molecule has 1 N–H and O–H groups in total. The van der Waals surface area contributed by atoms with Gasteiger partial charge in [-0.25, -0.2) is 9.18 Å². The third-order valence-corrected chi connectivity index (χ3v) is 4.96. The number of imide groups is 1. The first kappa shape index (κ1) is 20.6. The van der Waals surface area contributed by atoms with Gasteiger partial charge in [-0.3, -0.25) is 9.69 Å². The number of hydrogen-bond acceptors (Lipinski definition) is 3. The SMILES string of the molecule is O=C1N/C(=C/c2cccc(OCc3ccc(F)cc3)c2)C(=O)N1Cc1ccc(Cl)cc1. The Morgan fingerprint density at radius 2 is 1.68 bits per heavy atom. The van der Waals surface area contributed by atoms with E-state index in [4.69, 9.17) is 16.3 Å². The minimum absolute atomic E-state index is 0.153. The molecule has 1 aliphatic heterocycles. The molecular formula is C24H18ClFN2O3. The molecule has 0 saturated carbocycles. The Morgan fingerprint density at radius 3 is 2.42 bits per heavy atom. The lowest BCUT2D eigenvalue weighted by Gasteiger charge is -2.11. The van der Waals surface area contributed by atoms with Crippen molar-refractivity contribution < 1.29 is 18.7 Å². The smallest absolute Gasteiger partial charge is 0.329 e. The Bertz CT molecular complexity index is 1140. The van der Waals surface area contributed by atoms with E-state index in [9.17, 15) is 14.0 Å². The van der Waals surface area contributed by atoms with Crippen LogP contribution in [0.15, 0.2) is 78.5 Å². The lowest BCUT2D eigenvalue weighted by Crippen LogP contribution is -2.30. The van der Waals surface area contributed by atoms with E-state index in [-0.39, 0.29) is 24.7 Å². The van der Waals surface area contributed by atoms with Crippen LogP contribution in [0.3, 0.4) is 0 Å². The molecule has 1 saturated heterocycles. The molecule has 3 amide bonds. The van der Waals surface area contributed by atoms with Gasteiger partial charge in [-0.05, 0) is 59.2 Å². The van der Waals surface area contributed by atoms with E-state index in [1.54, 1.807) is 66.7 Å². The molecule has 0 spiro atoms. The van der Waals surface area contributed by atoms with Gasteiger partial charge in [-0.1, -0.05) is 48.0 Å². The lowest BCUT2D eigenvalue weighted by molar-refractivity contribution is -0.123. The van der Waals surface area contributed by atoms with E-state index < -0.39 is 11.9 Å². The monoisotopic (exact) mass is 436 g/mol. The van der Waals surface area contributed by atoms with Crippen LogP contribution in [-0.4, -0.2) is 16.8 Å². The molecule has 0 bridgehead atoms. The van der Waals surface area contributed by atoms with Crippen LogP contribution in [0.25, 0.3) is 6.08 Å². The highest BCUT2D eigenvalue weighted by atomic mass is 35.5. The number of amides is 3. The van der Waals surface area contributed by atoms with E-state index in [2.05, 4.69) is 5.32 Å². The molecule has 0 unspecified atom stereocenters. The van der Waals surface area contributed by atoms with E-state index in [1.165, 1.54) is 12.1 Å². The zero-order valence-corrected chi connectivity index (χ0v) is 17.1. The standard InChI is InChI=1S/C24H18ClFN2O3/c25-19-8-4-16(5-9-19)14-28-23(29)22(27-24(28)30)13-18-2-1-3-21(12-18)31-15-17-6-10-20(26)11-7-17/h1-13H,14-15H2,(H,27,30)/b22-13+. The topological polar surface area (TPSA) is 58.6 Å². The van der Waals surface area contributed by atoms with E-state index in [0.717, 1.165) is 16.0 Å². The second kappa shape index (κ2) is 9.02. The summed E-state index contributed by atoms with van der Waals surface area (Å²) in [6.45, 7) is 0.435. The molecule has 1 heterocycles. The van der Waals surface area contributed by atoms with Crippen LogP contribution in [0.4, 0.5) is 9.18 Å². The van der Waals surface area contributed by atoms with Crippen molar-refractivity contribution in [2.75, 3.05) is 0 Å². The summed E-state index contributed by atoms with van der Waals surface area (Å²) >= 11 is 5.88. The van der Waals surface area contributed by atoms with Crippen molar-refractivity contribution in [3.05, 3.63) is 106 Å². The quantitative estimate of drug-likeness (QED) is 0.429. The van der Waals surface area contributed by atoms with Gasteiger partial charge in [0.2, 0.25) is 0 Å². The Morgan fingerprint density at radius 1 is 0.968 bits per heavy atom. The Labute approximate surface area is 183 Å². The van der Waals surface area contributed by atoms with Crippen molar-refractivity contribution in [3.8, 4) is 5.75 Å². The van der Waals surface area contributed by atoms with Crippen molar-refractivity contribution in [1.82, 2.24) is 10.2 Å². The van der Waals surface area contributed by atoms with Crippen molar-refractivity contribution in [1.29, 1.82) is 0 Å².